The molecular formula is C18H16N2O5. The van der Waals surface area contributed by atoms with E-state index in [1.54, 1.807) is 25.1 Å². The van der Waals surface area contributed by atoms with Crippen molar-refractivity contribution < 1.29 is 18.6 Å². The zero-order valence-corrected chi connectivity index (χ0v) is 14.0. The molecule has 7 heteroatoms. The van der Waals surface area contributed by atoms with Gasteiger partial charge in [-0.25, -0.2) is 0 Å². The highest BCUT2D eigenvalue weighted by Crippen LogP contribution is 2.42. The van der Waals surface area contributed by atoms with E-state index in [2.05, 4.69) is 0 Å². The lowest BCUT2D eigenvalue weighted by molar-refractivity contribution is 0.336. The third-order valence-corrected chi connectivity index (χ3v) is 3.94. The van der Waals surface area contributed by atoms with E-state index in [1.807, 2.05) is 6.07 Å². The summed E-state index contributed by atoms with van der Waals surface area (Å²) in [6, 6.07) is 8.54. The Hall–Kier alpha value is -3.40. The minimum atomic E-state index is -0.679. The van der Waals surface area contributed by atoms with Crippen LogP contribution in [0.3, 0.4) is 0 Å². The second-order valence-electron chi connectivity index (χ2n) is 5.45. The van der Waals surface area contributed by atoms with Crippen molar-refractivity contribution in [3.05, 3.63) is 63.0 Å². The highest BCUT2D eigenvalue weighted by atomic mass is 16.5. The molecule has 0 bridgehead atoms. The molecule has 3 rings (SSSR count). The number of nitrogens with zero attached hydrogens (tertiary/aromatic N) is 1. The van der Waals surface area contributed by atoms with Gasteiger partial charge in [0.2, 0.25) is 17.1 Å². The summed E-state index contributed by atoms with van der Waals surface area (Å²) in [5.41, 5.74) is 6.33. The molecule has 25 heavy (non-hydrogen) atoms. The van der Waals surface area contributed by atoms with Crippen molar-refractivity contribution in [1.82, 2.24) is 0 Å². The number of rotatable bonds is 3. The lowest BCUT2D eigenvalue weighted by Gasteiger charge is -2.25. The first kappa shape index (κ1) is 16.5. The van der Waals surface area contributed by atoms with Crippen LogP contribution in [0.25, 0.3) is 0 Å². The van der Waals surface area contributed by atoms with Crippen molar-refractivity contribution in [3.63, 3.8) is 0 Å². The van der Waals surface area contributed by atoms with Crippen LogP contribution in [0.1, 0.15) is 23.0 Å². The number of ether oxygens (including phenoxy) is 3. The Labute approximate surface area is 143 Å². The maximum Gasteiger partial charge on any atom is 0.228 e. The molecule has 1 atom stereocenters. The van der Waals surface area contributed by atoms with Crippen LogP contribution in [0.4, 0.5) is 0 Å². The summed E-state index contributed by atoms with van der Waals surface area (Å²) in [6.45, 7) is 1.65. The van der Waals surface area contributed by atoms with E-state index in [0.717, 1.165) is 0 Å². The van der Waals surface area contributed by atoms with Crippen LogP contribution in [-0.4, -0.2) is 14.2 Å². The Morgan fingerprint density at radius 1 is 1.20 bits per heavy atom. The average molecular weight is 340 g/mol. The summed E-state index contributed by atoms with van der Waals surface area (Å²) in [5.74, 6) is 0.867. The number of hydrogen-bond donors (Lipinski definition) is 1. The van der Waals surface area contributed by atoms with Gasteiger partial charge in [0.05, 0.1) is 20.1 Å². The molecule has 1 aromatic carbocycles. The fourth-order valence-corrected chi connectivity index (χ4v) is 2.82. The first-order valence-electron chi connectivity index (χ1n) is 7.44. The van der Waals surface area contributed by atoms with Crippen molar-refractivity contribution >= 4 is 0 Å². The summed E-state index contributed by atoms with van der Waals surface area (Å²) in [4.78, 5) is 12.2. The molecule has 2 heterocycles. The summed E-state index contributed by atoms with van der Waals surface area (Å²) in [6.07, 6.45) is 0. The van der Waals surface area contributed by atoms with E-state index in [-0.39, 0.29) is 28.4 Å². The van der Waals surface area contributed by atoms with E-state index in [9.17, 15) is 10.1 Å². The van der Waals surface area contributed by atoms with Gasteiger partial charge in [0.25, 0.3) is 0 Å². The fraction of sp³-hybridized carbons (Fsp3) is 0.222. The Balaban J connectivity index is 2.27. The van der Waals surface area contributed by atoms with Gasteiger partial charge in [0.15, 0.2) is 17.3 Å². The summed E-state index contributed by atoms with van der Waals surface area (Å²) < 4.78 is 21.6. The molecule has 1 aliphatic heterocycles. The molecule has 128 valence electrons. The van der Waals surface area contributed by atoms with Crippen LogP contribution >= 0.6 is 0 Å². The van der Waals surface area contributed by atoms with E-state index in [1.165, 1.54) is 20.3 Å². The molecule has 0 aliphatic carbocycles. The predicted molar refractivity (Wildman–Crippen MR) is 88.6 cm³/mol. The largest absolute Gasteiger partial charge is 0.493 e. The maximum absolute atomic E-state index is 12.2. The van der Waals surface area contributed by atoms with E-state index in [0.29, 0.717) is 22.8 Å². The molecule has 0 fully saturated rings. The van der Waals surface area contributed by atoms with Crippen molar-refractivity contribution in [2.24, 2.45) is 5.73 Å². The number of aryl methyl sites for hydroxylation is 1. The van der Waals surface area contributed by atoms with Gasteiger partial charge < -0.3 is 24.4 Å². The Bertz CT molecular complexity index is 968. The van der Waals surface area contributed by atoms with Crippen molar-refractivity contribution in [2.75, 3.05) is 14.2 Å². The number of methoxy groups -OCH3 is 2. The standard InChI is InChI=1S/C18H16N2O5/c1-9-6-12(21)16-17(24-9)15(11(8-19)18(20)25-16)10-4-5-13(22-2)14(7-10)23-3/h4-7,15H,20H2,1-3H3. The van der Waals surface area contributed by atoms with Gasteiger partial charge in [0.1, 0.15) is 17.4 Å². The molecule has 2 N–H and O–H groups in total. The monoisotopic (exact) mass is 340 g/mol. The smallest absolute Gasteiger partial charge is 0.228 e. The lowest BCUT2D eigenvalue weighted by Crippen LogP contribution is -2.25. The topological polar surface area (TPSA) is 108 Å². The van der Waals surface area contributed by atoms with Crippen LogP contribution in [0, 0.1) is 18.3 Å². The molecule has 0 radical (unpaired) electrons. The zero-order chi connectivity index (χ0) is 18.1. The van der Waals surface area contributed by atoms with Gasteiger partial charge in [0, 0.05) is 6.07 Å². The van der Waals surface area contributed by atoms with E-state index < -0.39 is 5.92 Å². The molecular weight excluding hydrogens is 324 g/mol. The molecule has 1 unspecified atom stereocenters. The van der Waals surface area contributed by atoms with Crippen LogP contribution in [0.5, 0.6) is 17.2 Å². The lowest BCUT2D eigenvalue weighted by atomic mass is 9.87. The highest BCUT2D eigenvalue weighted by molar-refractivity contribution is 5.55. The first-order chi connectivity index (χ1) is 12.0. The van der Waals surface area contributed by atoms with Crippen LogP contribution in [0.15, 0.2) is 44.9 Å². The van der Waals surface area contributed by atoms with Crippen molar-refractivity contribution in [3.8, 4) is 23.3 Å². The van der Waals surface area contributed by atoms with Gasteiger partial charge >= 0.3 is 0 Å². The molecule has 0 amide bonds. The number of nitriles is 1. The normalized spacial score (nSPS) is 15.8. The molecule has 2 aromatic rings. The van der Waals surface area contributed by atoms with Crippen molar-refractivity contribution in [1.29, 1.82) is 5.26 Å². The van der Waals surface area contributed by atoms with Gasteiger partial charge in [-0.05, 0) is 24.6 Å². The molecule has 0 saturated carbocycles. The Kier molecular flexibility index (Phi) is 4.11. The fourth-order valence-electron chi connectivity index (χ4n) is 2.82. The van der Waals surface area contributed by atoms with Gasteiger partial charge in [-0.2, -0.15) is 5.26 Å². The van der Waals surface area contributed by atoms with Crippen LogP contribution in [-0.2, 0) is 0 Å². The minimum absolute atomic E-state index is 0.0121. The Morgan fingerprint density at radius 2 is 1.92 bits per heavy atom. The minimum Gasteiger partial charge on any atom is -0.493 e. The molecule has 0 saturated heterocycles. The first-order valence-corrected chi connectivity index (χ1v) is 7.44. The molecule has 0 spiro atoms. The maximum atomic E-state index is 12.2. The highest BCUT2D eigenvalue weighted by Gasteiger charge is 2.35. The van der Waals surface area contributed by atoms with E-state index in [4.69, 9.17) is 24.4 Å². The van der Waals surface area contributed by atoms with E-state index >= 15 is 0 Å². The van der Waals surface area contributed by atoms with Gasteiger partial charge in [-0.1, -0.05) is 6.07 Å². The zero-order valence-electron chi connectivity index (χ0n) is 14.0. The predicted octanol–water partition coefficient (Wildman–Crippen LogP) is 2.18. The van der Waals surface area contributed by atoms with Crippen molar-refractivity contribution in [2.45, 2.75) is 12.8 Å². The molecule has 7 nitrogen and oxygen atoms in total. The average Bonchev–Trinajstić information content (AvgIpc) is 2.60. The number of nitrogens with two attached hydrogens (primary N) is 1. The number of allylic oxidation sites excluding steroid dienone is 1. The van der Waals surface area contributed by atoms with Gasteiger partial charge in [-0.3, -0.25) is 4.79 Å². The number of fused-ring (bicyclic) bond motifs is 1. The number of benzene rings is 1. The second kappa shape index (κ2) is 6.24. The SMILES string of the molecule is COc1ccc(C2C(C#N)=C(N)Oc3c2oc(C)cc3=O)cc1OC. The van der Waals surface area contributed by atoms with Crippen LogP contribution in [0.2, 0.25) is 0 Å². The number of hydrogen-bond acceptors (Lipinski definition) is 7. The molecule has 1 aliphatic rings. The third-order valence-electron chi connectivity index (χ3n) is 3.94. The summed E-state index contributed by atoms with van der Waals surface area (Å²) in [5, 5.41) is 9.54. The van der Waals surface area contributed by atoms with Gasteiger partial charge in [-0.15, -0.1) is 0 Å². The molecule has 1 aromatic heterocycles. The second-order valence-corrected chi connectivity index (χ2v) is 5.45. The summed E-state index contributed by atoms with van der Waals surface area (Å²) >= 11 is 0. The van der Waals surface area contributed by atoms with Crippen LogP contribution < -0.4 is 25.4 Å². The third kappa shape index (κ3) is 2.68. The summed E-state index contributed by atoms with van der Waals surface area (Å²) in [7, 11) is 3.04. The Morgan fingerprint density at radius 3 is 2.56 bits per heavy atom. The quantitative estimate of drug-likeness (QED) is 0.912.